The molecular formula is C14H18BF3N2O2. The van der Waals surface area contributed by atoms with E-state index in [-0.39, 0.29) is 11.3 Å². The average molecular weight is 314 g/mol. The number of halogens is 3. The Labute approximate surface area is 127 Å². The van der Waals surface area contributed by atoms with Gasteiger partial charge in [-0.05, 0) is 40.7 Å². The second-order valence-electron chi connectivity index (χ2n) is 6.10. The number of alkyl halides is 3. The van der Waals surface area contributed by atoms with Gasteiger partial charge in [-0.15, -0.1) is 0 Å². The normalized spacial score (nSPS) is 20.8. The van der Waals surface area contributed by atoms with Crippen molar-refractivity contribution < 1.29 is 22.5 Å². The fourth-order valence-electron chi connectivity index (χ4n) is 2.06. The van der Waals surface area contributed by atoms with Gasteiger partial charge in [0.25, 0.3) is 0 Å². The van der Waals surface area contributed by atoms with Crippen molar-refractivity contribution in [3.63, 3.8) is 0 Å². The number of hydrogen-bond acceptors (Lipinski definition) is 4. The van der Waals surface area contributed by atoms with Crippen molar-refractivity contribution in [1.29, 1.82) is 0 Å². The predicted molar refractivity (Wildman–Crippen MR) is 78.8 cm³/mol. The van der Waals surface area contributed by atoms with Gasteiger partial charge in [0.1, 0.15) is 0 Å². The van der Waals surface area contributed by atoms with Gasteiger partial charge < -0.3 is 9.31 Å². The van der Waals surface area contributed by atoms with Crippen molar-refractivity contribution in [3.05, 3.63) is 17.8 Å². The summed E-state index contributed by atoms with van der Waals surface area (Å²) < 4.78 is 51.3. The molecule has 1 aromatic rings. The molecule has 1 aromatic heterocycles. The molecule has 0 aromatic carbocycles. The van der Waals surface area contributed by atoms with Gasteiger partial charge in [0.15, 0.2) is 5.82 Å². The maximum absolute atomic E-state index is 13.3. The molecule has 4 nitrogen and oxygen atoms in total. The molecule has 0 saturated carbocycles. The predicted octanol–water partition coefficient (Wildman–Crippen LogP) is 3.12. The van der Waals surface area contributed by atoms with E-state index in [1.807, 2.05) is 0 Å². The minimum atomic E-state index is -4.54. The molecule has 2 rings (SSSR count). The summed E-state index contributed by atoms with van der Waals surface area (Å²) in [4.78, 5) is 7.71. The Morgan fingerprint density at radius 1 is 1.18 bits per heavy atom. The lowest BCUT2D eigenvalue weighted by Crippen LogP contribution is -2.41. The summed E-state index contributed by atoms with van der Waals surface area (Å²) in [5, 5.41) is 0. The van der Waals surface area contributed by atoms with Crippen LogP contribution in [0, 0.1) is 0 Å². The maximum Gasteiger partial charge on any atom is 0.497 e. The van der Waals surface area contributed by atoms with Crippen LogP contribution in [0.15, 0.2) is 17.3 Å². The van der Waals surface area contributed by atoms with Gasteiger partial charge in [-0.2, -0.15) is 13.2 Å². The van der Waals surface area contributed by atoms with Crippen LogP contribution in [0.4, 0.5) is 19.0 Å². The molecule has 2 heterocycles. The molecule has 1 aliphatic heterocycles. The zero-order valence-electron chi connectivity index (χ0n) is 13.2. The van der Waals surface area contributed by atoms with E-state index in [0.29, 0.717) is 0 Å². The molecule has 0 N–H and O–H groups in total. The summed E-state index contributed by atoms with van der Waals surface area (Å²) >= 11 is 0. The van der Waals surface area contributed by atoms with Crippen LogP contribution < -0.4 is 5.46 Å². The Morgan fingerprint density at radius 2 is 1.73 bits per heavy atom. The first-order valence-corrected chi connectivity index (χ1v) is 6.89. The lowest BCUT2D eigenvalue weighted by atomic mass is 9.77. The van der Waals surface area contributed by atoms with Crippen molar-refractivity contribution in [2.75, 3.05) is 0 Å². The van der Waals surface area contributed by atoms with Crippen LogP contribution in [0.25, 0.3) is 0 Å². The van der Waals surface area contributed by atoms with Gasteiger partial charge >= 0.3 is 13.3 Å². The van der Waals surface area contributed by atoms with Gasteiger partial charge in [-0.25, -0.2) is 9.98 Å². The molecule has 1 fully saturated rings. The zero-order valence-corrected chi connectivity index (χ0v) is 13.2. The first-order chi connectivity index (χ1) is 9.98. The third-order valence-electron chi connectivity index (χ3n) is 3.99. The molecule has 120 valence electrons. The summed E-state index contributed by atoms with van der Waals surface area (Å²) in [6.07, 6.45) is -2.04. The molecule has 1 saturated heterocycles. The first kappa shape index (κ1) is 17.0. The molecule has 0 spiro atoms. The minimum absolute atomic E-state index is 0.00454. The molecule has 0 amide bonds. The number of aromatic nitrogens is 1. The number of rotatable bonds is 2. The second kappa shape index (κ2) is 5.35. The highest BCUT2D eigenvalue weighted by molar-refractivity contribution is 6.62. The Hall–Kier alpha value is -1.41. The molecule has 0 aliphatic carbocycles. The van der Waals surface area contributed by atoms with Crippen molar-refractivity contribution in [2.24, 2.45) is 4.99 Å². The van der Waals surface area contributed by atoms with Crippen LogP contribution in [0.3, 0.4) is 0 Å². The summed E-state index contributed by atoms with van der Waals surface area (Å²) in [6.45, 7) is 8.73. The monoisotopic (exact) mass is 314 g/mol. The highest BCUT2D eigenvalue weighted by Crippen LogP contribution is 2.38. The van der Waals surface area contributed by atoms with Crippen molar-refractivity contribution in [2.45, 2.75) is 52.0 Å². The number of pyridine rings is 1. The van der Waals surface area contributed by atoms with Crippen molar-refractivity contribution in [1.82, 2.24) is 4.98 Å². The highest BCUT2D eigenvalue weighted by atomic mass is 19.4. The molecule has 22 heavy (non-hydrogen) atoms. The van der Waals surface area contributed by atoms with Gasteiger partial charge in [0.05, 0.1) is 16.8 Å². The van der Waals surface area contributed by atoms with Crippen molar-refractivity contribution >= 4 is 24.6 Å². The first-order valence-electron chi connectivity index (χ1n) is 6.89. The number of aliphatic imine (C=N–C) groups is 1. The van der Waals surface area contributed by atoms with Gasteiger partial charge in [0, 0.05) is 17.9 Å². The molecule has 8 heteroatoms. The summed E-state index contributed by atoms with van der Waals surface area (Å²) in [5.74, 6) is -0.00454. The lowest BCUT2D eigenvalue weighted by Gasteiger charge is -2.32. The molecule has 0 atom stereocenters. The fraction of sp³-hybridized carbons (Fsp3) is 0.571. The summed E-state index contributed by atoms with van der Waals surface area (Å²) in [7, 11) is -1.12. The topological polar surface area (TPSA) is 43.7 Å². The standard InChI is InChI=1S/C14H18BF3N2O2/c1-6-19-11-7-9(14(16,17)18)10(8-20-11)15-21-12(2,3)13(4,5)22-15/h6-8H,1-5H3/b19-6+. The van der Waals surface area contributed by atoms with E-state index >= 15 is 0 Å². The summed E-state index contributed by atoms with van der Waals surface area (Å²) in [6, 6.07) is 0.903. The minimum Gasteiger partial charge on any atom is -0.399 e. The Kier molecular flexibility index (Phi) is 4.12. The highest BCUT2D eigenvalue weighted by Gasteiger charge is 2.53. The summed E-state index contributed by atoms with van der Waals surface area (Å²) in [5.41, 5.74) is -2.43. The Balaban J connectivity index is 2.48. The van der Waals surface area contributed by atoms with Crippen LogP contribution in [0.1, 0.15) is 40.2 Å². The second-order valence-corrected chi connectivity index (χ2v) is 6.10. The van der Waals surface area contributed by atoms with Crippen LogP contribution in [0.2, 0.25) is 0 Å². The van der Waals surface area contributed by atoms with Crippen LogP contribution in [0.5, 0.6) is 0 Å². The third kappa shape index (κ3) is 3.03. The smallest absolute Gasteiger partial charge is 0.399 e. The van der Waals surface area contributed by atoms with Crippen LogP contribution in [-0.4, -0.2) is 29.5 Å². The number of nitrogens with zero attached hydrogens (tertiary/aromatic N) is 2. The Morgan fingerprint density at radius 3 is 2.18 bits per heavy atom. The molecule has 1 aliphatic rings. The average Bonchev–Trinajstić information content (AvgIpc) is 2.57. The van der Waals surface area contributed by atoms with Crippen LogP contribution >= 0.6 is 0 Å². The SMILES string of the molecule is C/C=N/c1cc(C(F)(F)F)c(B2OC(C)(C)C(C)(C)O2)cn1. The zero-order chi connectivity index (χ0) is 16.8. The van der Waals surface area contributed by atoms with Crippen LogP contribution in [-0.2, 0) is 15.5 Å². The maximum atomic E-state index is 13.3. The van der Waals surface area contributed by atoms with Gasteiger partial charge in [0.2, 0.25) is 0 Å². The lowest BCUT2D eigenvalue weighted by molar-refractivity contribution is -0.136. The Bertz CT molecular complexity index is 584. The molecule has 0 bridgehead atoms. The van der Waals surface area contributed by atoms with Gasteiger partial charge in [-0.1, -0.05) is 0 Å². The molecule has 0 unspecified atom stereocenters. The molecule has 0 radical (unpaired) electrons. The fourth-order valence-corrected chi connectivity index (χ4v) is 2.06. The van der Waals surface area contributed by atoms with Crippen molar-refractivity contribution in [3.8, 4) is 0 Å². The van der Waals surface area contributed by atoms with E-state index in [0.717, 1.165) is 12.3 Å². The number of hydrogen-bond donors (Lipinski definition) is 0. The van der Waals surface area contributed by atoms with E-state index in [9.17, 15) is 13.2 Å². The largest absolute Gasteiger partial charge is 0.497 e. The van der Waals surface area contributed by atoms with E-state index in [4.69, 9.17) is 9.31 Å². The van der Waals surface area contributed by atoms with Gasteiger partial charge in [-0.3, -0.25) is 0 Å². The molecular weight excluding hydrogens is 296 g/mol. The van der Waals surface area contributed by atoms with E-state index in [2.05, 4.69) is 9.98 Å². The van der Waals surface area contributed by atoms with E-state index in [1.165, 1.54) is 6.21 Å². The third-order valence-corrected chi connectivity index (χ3v) is 3.99. The van der Waals surface area contributed by atoms with E-state index in [1.54, 1.807) is 34.6 Å². The quantitative estimate of drug-likeness (QED) is 0.622. The van der Waals surface area contributed by atoms with E-state index < -0.39 is 30.1 Å².